The normalized spacial score (nSPS) is 9.48. The SMILES string of the molecule is COC(=O)c1ccc(C#Cc2ccc(B(F)F)cc2)cc1. The fraction of sp³-hybridized carbons (Fsp3) is 0.0625. The molecular formula is C16H11BF2O2. The molecule has 0 unspecified atom stereocenters. The highest BCUT2D eigenvalue weighted by molar-refractivity contribution is 6.59. The molecule has 104 valence electrons. The second-order valence-electron chi connectivity index (χ2n) is 4.24. The molecule has 0 heterocycles. The van der Waals surface area contributed by atoms with Crippen molar-refractivity contribution in [2.45, 2.75) is 0 Å². The summed E-state index contributed by atoms with van der Waals surface area (Å²) in [7, 11) is -1.16. The highest BCUT2D eigenvalue weighted by atomic mass is 19.2. The van der Waals surface area contributed by atoms with Gasteiger partial charge < -0.3 is 4.74 Å². The Labute approximate surface area is 121 Å². The molecule has 21 heavy (non-hydrogen) atoms. The van der Waals surface area contributed by atoms with Gasteiger partial charge in [-0.1, -0.05) is 24.0 Å². The van der Waals surface area contributed by atoms with E-state index in [0.29, 0.717) is 11.1 Å². The van der Waals surface area contributed by atoms with E-state index in [1.807, 2.05) is 0 Å². The van der Waals surface area contributed by atoms with E-state index >= 15 is 0 Å². The molecule has 0 fully saturated rings. The van der Waals surface area contributed by atoms with Gasteiger partial charge in [0.2, 0.25) is 0 Å². The molecule has 0 saturated heterocycles. The van der Waals surface area contributed by atoms with E-state index < -0.39 is 13.2 Å². The predicted octanol–water partition coefficient (Wildman–Crippen LogP) is 2.51. The lowest BCUT2D eigenvalue weighted by Crippen LogP contribution is -2.19. The van der Waals surface area contributed by atoms with Crippen molar-refractivity contribution in [3.63, 3.8) is 0 Å². The van der Waals surface area contributed by atoms with Crippen molar-refractivity contribution < 1.29 is 18.2 Å². The zero-order valence-electron chi connectivity index (χ0n) is 11.3. The molecule has 2 nitrogen and oxygen atoms in total. The molecule has 5 heteroatoms. The Morgan fingerprint density at radius 3 is 1.86 bits per heavy atom. The van der Waals surface area contributed by atoms with E-state index in [0.717, 1.165) is 5.56 Å². The first-order valence-electron chi connectivity index (χ1n) is 6.18. The van der Waals surface area contributed by atoms with Crippen molar-refractivity contribution in [3.05, 3.63) is 65.2 Å². The quantitative estimate of drug-likeness (QED) is 0.481. The number of carbonyl (C=O) groups is 1. The molecule has 0 amide bonds. The highest BCUT2D eigenvalue weighted by Crippen LogP contribution is 2.05. The largest absolute Gasteiger partial charge is 0.571 e. The average Bonchev–Trinajstić information content (AvgIpc) is 2.53. The maximum Gasteiger partial charge on any atom is 0.571 e. The third kappa shape index (κ3) is 3.93. The van der Waals surface area contributed by atoms with Gasteiger partial charge in [-0.2, -0.15) is 0 Å². The number of benzene rings is 2. The number of halogens is 2. The molecule has 0 aliphatic rings. The fourth-order valence-electron chi connectivity index (χ4n) is 1.66. The molecule has 0 N–H and O–H groups in total. The van der Waals surface area contributed by atoms with Gasteiger partial charge >= 0.3 is 13.2 Å². The van der Waals surface area contributed by atoms with Crippen LogP contribution in [0.25, 0.3) is 0 Å². The van der Waals surface area contributed by atoms with Crippen LogP contribution < -0.4 is 5.46 Å². The smallest absolute Gasteiger partial charge is 0.465 e. The number of esters is 1. The summed E-state index contributed by atoms with van der Waals surface area (Å²) in [5.74, 6) is 5.38. The first kappa shape index (κ1) is 14.8. The molecule has 2 aromatic rings. The molecule has 0 aromatic heterocycles. The Bertz CT molecular complexity index is 683. The van der Waals surface area contributed by atoms with Gasteiger partial charge in [0, 0.05) is 11.1 Å². The molecule has 2 rings (SSSR count). The third-order valence-corrected chi connectivity index (χ3v) is 2.82. The van der Waals surface area contributed by atoms with Gasteiger partial charge in [0.15, 0.2) is 0 Å². The zero-order chi connectivity index (χ0) is 15.2. The average molecular weight is 284 g/mol. The highest BCUT2D eigenvalue weighted by Gasteiger charge is 2.14. The van der Waals surface area contributed by atoms with Crippen LogP contribution in [0.3, 0.4) is 0 Å². The monoisotopic (exact) mass is 284 g/mol. The zero-order valence-corrected chi connectivity index (χ0v) is 11.3. The number of carbonyl (C=O) groups excluding carboxylic acids is 1. The van der Waals surface area contributed by atoms with Gasteiger partial charge in [0.05, 0.1) is 12.7 Å². The molecule has 2 aromatic carbocycles. The Morgan fingerprint density at radius 2 is 1.43 bits per heavy atom. The van der Waals surface area contributed by atoms with Crippen LogP contribution in [-0.2, 0) is 4.74 Å². The lowest BCUT2D eigenvalue weighted by atomic mass is 9.86. The van der Waals surface area contributed by atoms with Crippen LogP contribution in [-0.4, -0.2) is 20.3 Å². The maximum atomic E-state index is 12.4. The van der Waals surface area contributed by atoms with Crippen molar-refractivity contribution in [1.29, 1.82) is 0 Å². The van der Waals surface area contributed by atoms with Crippen LogP contribution in [0, 0.1) is 11.8 Å². The predicted molar refractivity (Wildman–Crippen MR) is 77.8 cm³/mol. The van der Waals surface area contributed by atoms with Crippen molar-refractivity contribution in [1.82, 2.24) is 0 Å². The summed E-state index contributed by atoms with van der Waals surface area (Å²) in [5, 5.41) is 0. The van der Waals surface area contributed by atoms with Gasteiger partial charge in [-0.05, 0) is 41.9 Å². The minimum Gasteiger partial charge on any atom is -0.465 e. The lowest BCUT2D eigenvalue weighted by Gasteiger charge is -1.98. The standard InChI is InChI=1S/C16H11BF2O2/c1-21-16(20)14-8-4-12(5-9-14)2-3-13-6-10-15(11-7-13)17(18)19/h4-11H,1H3. The van der Waals surface area contributed by atoms with Crippen LogP contribution >= 0.6 is 0 Å². The van der Waals surface area contributed by atoms with Gasteiger partial charge in [-0.15, -0.1) is 0 Å². The summed E-state index contributed by atoms with van der Waals surface area (Å²) in [4.78, 5) is 11.3. The van der Waals surface area contributed by atoms with Crippen LogP contribution in [0.15, 0.2) is 48.5 Å². The van der Waals surface area contributed by atoms with E-state index in [1.54, 1.807) is 36.4 Å². The Kier molecular flexibility index (Phi) is 4.73. The second kappa shape index (κ2) is 6.71. The number of rotatable bonds is 2. The lowest BCUT2D eigenvalue weighted by molar-refractivity contribution is 0.0600. The molecular weight excluding hydrogens is 273 g/mol. The number of hydrogen-bond acceptors (Lipinski definition) is 2. The van der Waals surface area contributed by atoms with Crippen LogP contribution in [0.4, 0.5) is 8.63 Å². The molecule has 0 aliphatic heterocycles. The number of methoxy groups -OCH3 is 1. The van der Waals surface area contributed by atoms with Gasteiger partial charge in [-0.3, -0.25) is 8.63 Å². The van der Waals surface area contributed by atoms with Crippen molar-refractivity contribution in [2.24, 2.45) is 0 Å². The van der Waals surface area contributed by atoms with E-state index in [-0.39, 0.29) is 5.46 Å². The summed E-state index contributed by atoms with van der Waals surface area (Å²) >= 11 is 0. The minimum atomic E-state index is -2.47. The minimum absolute atomic E-state index is 0.0250. The second-order valence-corrected chi connectivity index (χ2v) is 4.24. The first-order chi connectivity index (χ1) is 10.1. The first-order valence-corrected chi connectivity index (χ1v) is 6.18. The summed E-state index contributed by atoms with van der Waals surface area (Å²) in [6.07, 6.45) is 0. The van der Waals surface area contributed by atoms with Crippen LogP contribution in [0.2, 0.25) is 0 Å². The van der Waals surface area contributed by atoms with Gasteiger partial charge in [0.25, 0.3) is 0 Å². The molecule has 0 radical (unpaired) electrons. The summed E-state index contributed by atoms with van der Waals surface area (Å²) in [5.41, 5.74) is 1.80. The number of ether oxygens (including phenoxy) is 1. The molecule has 0 spiro atoms. The maximum absolute atomic E-state index is 12.4. The Hall–Kier alpha value is -2.61. The van der Waals surface area contributed by atoms with Crippen molar-refractivity contribution in [3.8, 4) is 11.8 Å². The third-order valence-electron chi connectivity index (χ3n) is 2.82. The van der Waals surface area contributed by atoms with E-state index in [1.165, 1.54) is 19.2 Å². The fourth-order valence-corrected chi connectivity index (χ4v) is 1.66. The summed E-state index contributed by atoms with van der Waals surface area (Å²) in [6.45, 7) is 0. The van der Waals surface area contributed by atoms with E-state index in [2.05, 4.69) is 16.6 Å². The van der Waals surface area contributed by atoms with Gasteiger partial charge in [-0.25, -0.2) is 4.79 Å². The molecule has 0 saturated carbocycles. The van der Waals surface area contributed by atoms with Crippen molar-refractivity contribution >= 4 is 18.7 Å². The van der Waals surface area contributed by atoms with Crippen LogP contribution in [0.5, 0.6) is 0 Å². The summed E-state index contributed by atoms with van der Waals surface area (Å²) in [6, 6.07) is 12.5. The van der Waals surface area contributed by atoms with E-state index in [4.69, 9.17) is 0 Å². The Morgan fingerprint density at radius 1 is 0.952 bits per heavy atom. The molecule has 0 bridgehead atoms. The topological polar surface area (TPSA) is 26.3 Å². The van der Waals surface area contributed by atoms with Crippen molar-refractivity contribution in [2.75, 3.05) is 7.11 Å². The van der Waals surface area contributed by atoms with E-state index in [9.17, 15) is 13.4 Å². The van der Waals surface area contributed by atoms with Crippen LogP contribution in [0.1, 0.15) is 21.5 Å². The molecule has 0 aliphatic carbocycles. The molecule has 0 atom stereocenters. The van der Waals surface area contributed by atoms with Gasteiger partial charge in [0.1, 0.15) is 0 Å². The Balaban J connectivity index is 2.13. The summed E-state index contributed by atoms with van der Waals surface area (Å²) < 4.78 is 29.4. The number of hydrogen-bond donors (Lipinski definition) is 0.